The van der Waals surface area contributed by atoms with Gasteiger partial charge in [-0.25, -0.2) is 17.9 Å². The van der Waals surface area contributed by atoms with E-state index in [9.17, 15) is 18.4 Å². The van der Waals surface area contributed by atoms with Gasteiger partial charge in [-0.3, -0.25) is 0 Å². The van der Waals surface area contributed by atoms with E-state index in [-0.39, 0.29) is 11.4 Å². The molecule has 0 aliphatic carbocycles. The Bertz CT molecular complexity index is 908. The number of rotatable bonds is 5. The fraction of sp³-hybridized carbons (Fsp3) is 0.667. The van der Waals surface area contributed by atoms with Crippen LogP contribution < -0.4 is 4.72 Å². The van der Waals surface area contributed by atoms with E-state index >= 15 is 0 Å². The smallest absolute Gasteiger partial charge is 0.146 e. The minimum atomic E-state index is -3.06. The van der Waals surface area contributed by atoms with Crippen LogP contribution in [0.4, 0.5) is 4.39 Å². The Hall–Kier alpha value is -0.730. The van der Waals surface area contributed by atoms with Gasteiger partial charge < -0.3 is 4.55 Å². The van der Waals surface area contributed by atoms with Gasteiger partial charge in [0.2, 0.25) is 0 Å². The van der Waals surface area contributed by atoms with E-state index in [0.29, 0.717) is 24.0 Å². The molecule has 156 valence electrons. The lowest BCUT2D eigenvalue weighted by Crippen LogP contribution is -2.56. The highest BCUT2D eigenvalue weighted by Crippen LogP contribution is 2.36. The fourth-order valence-electron chi connectivity index (χ4n) is 2.96. The summed E-state index contributed by atoms with van der Waals surface area (Å²) >= 11 is 1.65. The molecule has 6 nitrogen and oxygen atoms in total. The normalized spacial score (nSPS) is 28.7. The van der Waals surface area contributed by atoms with E-state index in [2.05, 4.69) is 36.1 Å². The summed E-state index contributed by atoms with van der Waals surface area (Å²) in [6.07, 6.45) is 1.11. The van der Waals surface area contributed by atoms with E-state index in [1.165, 1.54) is 12.1 Å². The number of aromatic nitrogens is 1. The van der Waals surface area contributed by atoms with Crippen molar-refractivity contribution in [1.82, 2.24) is 9.71 Å². The van der Waals surface area contributed by atoms with Gasteiger partial charge in [-0.2, -0.15) is 5.26 Å². The molecule has 0 unspecified atom stereocenters. The molecule has 2 heterocycles. The summed E-state index contributed by atoms with van der Waals surface area (Å²) in [5.74, 6) is -0.784. The highest BCUT2D eigenvalue weighted by atomic mass is 79.9. The average molecular weight is 493 g/mol. The summed E-state index contributed by atoms with van der Waals surface area (Å²) in [7, 11) is -3.06. The molecule has 1 aromatic heterocycles. The molecule has 4 atom stereocenters. The summed E-state index contributed by atoms with van der Waals surface area (Å²) in [6.45, 7) is 8.97. The van der Waals surface area contributed by atoms with Gasteiger partial charge >= 0.3 is 0 Å². The minimum Gasteiger partial charge on any atom is -0.598 e. The highest BCUT2D eigenvalue weighted by Gasteiger charge is 2.48. The van der Waals surface area contributed by atoms with Gasteiger partial charge in [0.25, 0.3) is 0 Å². The molecule has 0 saturated carbocycles. The van der Waals surface area contributed by atoms with Crippen LogP contribution in [0.15, 0.2) is 21.1 Å². The average Bonchev–Trinajstić information content (AvgIpc) is 2.58. The first-order valence-electron chi connectivity index (χ1n) is 8.90. The molecular formula is C18H26BrFN4O2S2. The SMILES string of the molecule is CC(C)(C)[S@@+]([O-])N[C@@](C)(C[S@@]1(=O)=NCCC[C@@]1(C)C#N)c1nc(Br)ccc1F. The van der Waals surface area contributed by atoms with E-state index in [4.69, 9.17) is 0 Å². The number of nitrogens with zero attached hydrogens (tertiary/aromatic N) is 3. The first-order valence-corrected chi connectivity index (χ1v) is 12.5. The van der Waals surface area contributed by atoms with Crippen LogP contribution in [0.2, 0.25) is 0 Å². The first-order chi connectivity index (χ1) is 12.8. The number of hydrogen-bond acceptors (Lipinski definition) is 6. The zero-order chi connectivity index (χ0) is 21.4. The third kappa shape index (κ3) is 4.70. The second kappa shape index (κ2) is 8.19. The molecule has 0 saturated heterocycles. The summed E-state index contributed by atoms with van der Waals surface area (Å²) in [5.41, 5.74) is -1.37. The van der Waals surface area contributed by atoms with Crippen molar-refractivity contribution in [3.63, 3.8) is 0 Å². The summed E-state index contributed by atoms with van der Waals surface area (Å²) in [5, 5.41) is 9.70. The molecule has 0 aromatic carbocycles. The van der Waals surface area contributed by atoms with Gasteiger partial charge in [0.05, 0.1) is 21.6 Å². The Labute approximate surface area is 178 Å². The molecule has 0 amide bonds. The van der Waals surface area contributed by atoms with Crippen molar-refractivity contribution in [1.29, 1.82) is 5.26 Å². The zero-order valence-corrected chi connectivity index (χ0v) is 19.9. The highest BCUT2D eigenvalue weighted by molar-refractivity contribution is 9.10. The van der Waals surface area contributed by atoms with Crippen molar-refractivity contribution >= 4 is 37.0 Å². The van der Waals surface area contributed by atoms with Crippen LogP contribution in [0, 0.1) is 17.1 Å². The van der Waals surface area contributed by atoms with E-state index in [0.717, 1.165) is 0 Å². The molecule has 0 bridgehead atoms. The van der Waals surface area contributed by atoms with E-state index in [1.54, 1.807) is 34.6 Å². The van der Waals surface area contributed by atoms with Crippen LogP contribution in [0.5, 0.6) is 0 Å². The van der Waals surface area contributed by atoms with Crippen molar-refractivity contribution in [2.24, 2.45) is 4.36 Å². The van der Waals surface area contributed by atoms with Crippen molar-refractivity contribution in [3.8, 4) is 6.07 Å². The first kappa shape index (κ1) is 23.5. The van der Waals surface area contributed by atoms with Gasteiger partial charge in [-0.15, -0.1) is 4.72 Å². The summed E-state index contributed by atoms with van der Waals surface area (Å²) in [4.78, 5) is 4.24. The van der Waals surface area contributed by atoms with Gasteiger partial charge in [0, 0.05) is 17.9 Å². The second-order valence-corrected chi connectivity index (χ2v) is 13.9. The van der Waals surface area contributed by atoms with Gasteiger partial charge in [-0.05, 0) is 75.5 Å². The van der Waals surface area contributed by atoms with E-state index in [1.807, 2.05) is 0 Å². The molecule has 0 spiro atoms. The Morgan fingerprint density at radius 2 is 2.11 bits per heavy atom. The van der Waals surface area contributed by atoms with Crippen LogP contribution in [-0.4, -0.2) is 35.5 Å². The maximum Gasteiger partial charge on any atom is 0.146 e. The lowest BCUT2D eigenvalue weighted by molar-refractivity contribution is 0.421. The number of nitrogens with one attached hydrogen (secondary N) is 1. The number of hydrogen-bond donors (Lipinski definition) is 1. The Morgan fingerprint density at radius 1 is 1.46 bits per heavy atom. The minimum absolute atomic E-state index is 0.0109. The van der Waals surface area contributed by atoms with Gasteiger partial charge in [0.1, 0.15) is 31.1 Å². The van der Waals surface area contributed by atoms with Crippen molar-refractivity contribution < 1.29 is 13.2 Å². The molecule has 28 heavy (non-hydrogen) atoms. The van der Waals surface area contributed by atoms with Gasteiger partial charge in [0.15, 0.2) is 0 Å². The van der Waals surface area contributed by atoms with Crippen molar-refractivity contribution in [2.75, 3.05) is 12.3 Å². The number of pyridine rings is 1. The maximum absolute atomic E-state index is 14.8. The molecule has 1 aliphatic heterocycles. The van der Waals surface area contributed by atoms with E-state index < -0.39 is 41.9 Å². The molecule has 1 aromatic rings. The molecule has 0 radical (unpaired) electrons. The van der Waals surface area contributed by atoms with Gasteiger partial charge in [-0.1, -0.05) is 0 Å². The fourth-order valence-corrected chi connectivity index (χ4v) is 6.96. The Balaban J connectivity index is 2.62. The molecule has 1 N–H and O–H groups in total. The third-order valence-corrected chi connectivity index (χ3v) is 10.2. The lowest BCUT2D eigenvalue weighted by Gasteiger charge is -2.38. The predicted molar refractivity (Wildman–Crippen MR) is 114 cm³/mol. The Morgan fingerprint density at radius 3 is 2.68 bits per heavy atom. The molecule has 2 rings (SSSR count). The molecule has 0 fully saturated rings. The third-order valence-electron chi connectivity index (χ3n) is 4.75. The molecular weight excluding hydrogens is 467 g/mol. The number of halogens is 2. The number of nitriles is 1. The molecule has 1 aliphatic rings. The van der Waals surface area contributed by atoms with Crippen LogP contribution in [0.25, 0.3) is 0 Å². The topological polar surface area (TPSA) is 101 Å². The summed E-state index contributed by atoms with van der Waals surface area (Å²) in [6, 6.07) is 4.87. The van der Waals surface area contributed by atoms with Crippen LogP contribution in [-0.2, 0) is 26.6 Å². The van der Waals surface area contributed by atoms with Crippen molar-refractivity contribution in [3.05, 3.63) is 28.2 Å². The van der Waals surface area contributed by atoms with Crippen LogP contribution in [0.1, 0.15) is 53.2 Å². The Kier molecular flexibility index (Phi) is 6.88. The summed E-state index contributed by atoms with van der Waals surface area (Å²) < 4.78 is 47.3. The monoisotopic (exact) mass is 492 g/mol. The van der Waals surface area contributed by atoms with Crippen LogP contribution >= 0.6 is 15.9 Å². The van der Waals surface area contributed by atoms with Crippen LogP contribution in [0.3, 0.4) is 0 Å². The zero-order valence-electron chi connectivity index (χ0n) is 16.7. The quantitative estimate of drug-likeness (QED) is 0.497. The largest absolute Gasteiger partial charge is 0.598 e. The predicted octanol–water partition coefficient (Wildman–Crippen LogP) is 3.79. The standard InChI is InChI=1S/C18H26BrFN4O2S2/c1-16(2,3)27(25)24-18(5,15-13(20)7-8-14(19)23-15)12-28(26)17(4,11-21)9-6-10-22-28/h7-8,24H,6,9-10,12H2,1-5H3/t17-,18-,27+,28-/m0/s1. The maximum atomic E-state index is 14.8. The second-order valence-electron chi connectivity index (χ2n) is 8.36. The molecule has 10 heteroatoms. The van der Waals surface area contributed by atoms with Crippen molar-refractivity contribution in [2.45, 2.75) is 62.5 Å². The lowest BCUT2D eigenvalue weighted by atomic mass is 10.0.